The first-order valence-electron chi connectivity index (χ1n) is 3.93. The van der Waals surface area contributed by atoms with Crippen molar-refractivity contribution in [2.75, 3.05) is 0 Å². The van der Waals surface area contributed by atoms with Gasteiger partial charge in [-0.05, 0) is 33.6 Å². The highest BCUT2D eigenvalue weighted by atomic mass is 79.9. The van der Waals surface area contributed by atoms with E-state index >= 15 is 0 Å². The van der Waals surface area contributed by atoms with Gasteiger partial charge in [0.05, 0.1) is 4.47 Å². The number of nitrogens with zero attached hydrogens (tertiary/aromatic N) is 1. The SMILES string of the molecule is N#Cc1sc2ccc(CBr)cc2c1Br. The molecule has 0 bridgehead atoms. The molecule has 1 aromatic carbocycles. The van der Waals surface area contributed by atoms with Crippen LogP contribution in [0.4, 0.5) is 0 Å². The van der Waals surface area contributed by atoms with Gasteiger partial charge < -0.3 is 0 Å². The van der Waals surface area contributed by atoms with Crippen molar-refractivity contribution in [3.8, 4) is 6.07 Å². The maximum Gasteiger partial charge on any atom is 0.120 e. The topological polar surface area (TPSA) is 23.8 Å². The van der Waals surface area contributed by atoms with Crippen molar-refractivity contribution < 1.29 is 0 Å². The first-order chi connectivity index (χ1) is 6.76. The molecule has 1 heterocycles. The zero-order valence-electron chi connectivity index (χ0n) is 7.05. The molecular formula is C10H5Br2NS. The maximum atomic E-state index is 8.87. The second-order valence-electron chi connectivity index (χ2n) is 2.82. The van der Waals surface area contributed by atoms with Crippen LogP contribution >= 0.6 is 43.2 Å². The van der Waals surface area contributed by atoms with Gasteiger partial charge in [0.2, 0.25) is 0 Å². The Morgan fingerprint density at radius 3 is 2.86 bits per heavy atom. The van der Waals surface area contributed by atoms with E-state index in [2.05, 4.69) is 56.1 Å². The molecule has 4 heteroatoms. The van der Waals surface area contributed by atoms with Crippen LogP contribution in [0.25, 0.3) is 10.1 Å². The van der Waals surface area contributed by atoms with Crippen LogP contribution in [0.1, 0.15) is 10.4 Å². The number of benzene rings is 1. The van der Waals surface area contributed by atoms with Gasteiger partial charge in [-0.15, -0.1) is 11.3 Å². The number of hydrogen-bond donors (Lipinski definition) is 0. The Kier molecular flexibility index (Phi) is 2.91. The van der Waals surface area contributed by atoms with E-state index in [0.29, 0.717) is 0 Å². The lowest BCUT2D eigenvalue weighted by Crippen LogP contribution is -1.75. The summed E-state index contributed by atoms with van der Waals surface area (Å²) in [4.78, 5) is 0.742. The lowest BCUT2D eigenvalue weighted by molar-refractivity contribution is 1.47. The fourth-order valence-corrected chi connectivity index (χ4v) is 3.28. The molecule has 0 amide bonds. The van der Waals surface area contributed by atoms with E-state index in [-0.39, 0.29) is 0 Å². The minimum atomic E-state index is 0.742. The second kappa shape index (κ2) is 4.01. The highest BCUT2D eigenvalue weighted by Gasteiger charge is 2.09. The number of halogens is 2. The zero-order valence-corrected chi connectivity index (χ0v) is 11.0. The summed E-state index contributed by atoms with van der Waals surface area (Å²) < 4.78 is 2.07. The van der Waals surface area contributed by atoms with Gasteiger partial charge in [-0.25, -0.2) is 0 Å². The van der Waals surface area contributed by atoms with Crippen molar-refractivity contribution in [3.05, 3.63) is 33.1 Å². The Morgan fingerprint density at radius 2 is 2.21 bits per heavy atom. The molecule has 0 aliphatic heterocycles. The van der Waals surface area contributed by atoms with Gasteiger partial charge in [0, 0.05) is 15.4 Å². The largest absolute Gasteiger partial charge is 0.191 e. The van der Waals surface area contributed by atoms with Gasteiger partial charge in [-0.2, -0.15) is 5.26 Å². The average molecular weight is 331 g/mol. The normalized spacial score (nSPS) is 10.4. The van der Waals surface area contributed by atoms with Crippen molar-refractivity contribution in [2.24, 2.45) is 0 Å². The lowest BCUT2D eigenvalue weighted by atomic mass is 10.2. The van der Waals surface area contributed by atoms with Crippen LogP contribution in [0, 0.1) is 11.3 Å². The van der Waals surface area contributed by atoms with E-state index in [0.717, 1.165) is 24.8 Å². The molecule has 0 aliphatic rings. The van der Waals surface area contributed by atoms with Gasteiger partial charge in [0.15, 0.2) is 0 Å². The summed E-state index contributed by atoms with van der Waals surface area (Å²) >= 11 is 8.38. The highest BCUT2D eigenvalue weighted by Crippen LogP contribution is 2.35. The van der Waals surface area contributed by atoms with Crippen molar-refractivity contribution in [3.63, 3.8) is 0 Å². The van der Waals surface area contributed by atoms with E-state index in [9.17, 15) is 0 Å². The molecule has 0 fully saturated rings. The quantitative estimate of drug-likeness (QED) is 0.709. The van der Waals surface area contributed by atoms with Crippen LogP contribution in [0.2, 0.25) is 0 Å². The number of hydrogen-bond acceptors (Lipinski definition) is 2. The molecule has 0 N–H and O–H groups in total. The van der Waals surface area contributed by atoms with Crippen LogP contribution in [-0.4, -0.2) is 0 Å². The number of thiophene rings is 1. The first-order valence-corrected chi connectivity index (χ1v) is 6.66. The van der Waals surface area contributed by atoms with Crippen molar-refractivity contribution in [2.45, 2.75) is 5.33 Å². The molecule has 2 aromatic rings. The van der Waals surface area contributed by atoms with Crippen molar-refractivity contribution in [1.82, 2.24) is 0 Å². The molecule has 0 atom stereocenters. The Labute approximate surface area is 103 Å². The van der Waals surface area contributed by atoms with E-state index < -0.39 is 0 Å². The number of nitriles is 1. The smallest absolute Gasteiger partial charge is 0.120 e. The molecule has 14 heavy (non-hydrogen) atoms. The fraction of sp³-hybridized carbons (Fsp3) is 0.100. The highest BCUT2D eigenvalue weighted by molar-refractivity contribution is 9.10. The van der Waals surface area contributed by atoms with Gasteiger partial charge in [0.1, 0.15) is 10.9 Å². The summed E-state index contributed by atoms with van der Waals surface area (Å²) in [6, 6.07) is 8.41. The number of alkyl halides is 1. The van der Waals surface area contributed by atoms with E-state index in [4.69, 9.17) is 5.26 Å². The molecule has 0 aliphatic carbocycles. The third-order valence-electron chi connectivity index (χ3n) is 1.95. The molecule has 0 saturated carbocycles. The first kappa shape index (κ1) is 10.2. The number of rotatable bonds is 1. The standard InChI is InChI=1S/C10H5Br2NS/c11-4-6-1-2-8-7(3-6)10(12)9(5-13)14-8/h1-3H,4H2. The van der Waals surface area contributed by atoms with Crippen LogP contribution in [-0.2, 0) is 5.33 Å². The lowest BCUT2D eigenvalue weighted by Gasteiger charge is -1.95. The Morgan fingerprint density at radius 1 is 1.43 bits per heavy atom. The monoisotopic (exact) mass is 329 g/mol. The molecule has 0 unspecified atom stereocenters. The third-order valence-corrected chi connectivity index (χ3v) is 4.76. The molecule has 0 radical (unpaired) electrons. The van der Waals surface area contributed by atoms with E-state index in [1.165, 1.54) is 16.9 Å². The molecule has 0 saturated heterocycles. The van der Waals surface area contributed by atoms with Crippen molar-refractivity contribution in [1.29, 1.82) is 5.26 Å². The van der Waals surface area contributed by atoms with Crippen LogP contribution in [0.3, 0.4) is 0 Å². The summed E-state index contributed by atoms with van der Waals surface area (Å²) in [6.45, 7) is 0. The van der Waals surface area contributed by atoms with E-state index in [1.54, 1.807) is 0 Å². The Hall–Kier alpha value is -0.370. The van der Waals surface area contributed by atoms with Gasteiger partial charge in [-0.1, -0.05) is 22.0 Å². The Balaban J connectivity index is 2.76. The predicted octanol–water partition coefficient (Wildman–Crippen LogP) is 4.43. The van der Waals surface area contributed by atoms with Gasteiger partial charge >= 0.3 is 0 Å². The molecule has 0 spiro atoms. The molecule has 1 aromatic heterocycles. The zero-order chi connectivity index (χ0) is 10.1. The summed E-state index contributed by atoms with van der Waals surface area (Å²) in [5, 5.41) is 10.8. The minimum Gasteiger partial charge on any atom is -0.191 e. The minimum absolute atomic E-state index is 0.742. The van der Waals surface area contributed by atoms with Crippen molar-refractivity contribution >= 4 is 53.3 Å². The summed E-state index contributed by atoms with van der Waals surface area (Å²) in [5.74, 6) is 0. The molecular weight excluding hydrogens is 326 g/mol. The third kappa shape index (κ3) is 1.60. The van der Waals surface area contributed by atoms with Crippen LogP contribution in [0.15, 0.2) is 22.7 Å². The summed E-state index contributed by atoms with van der Waals surface area (Å²) in [7, 11) is 0. The molecule has 70 valence electrons. The maximum absolute atomic E-state index is 8.87. The fourth-order valence-electron chi connectivity index (χ4n) is 1.27. The Bertz CT molecular complexity index is 525. The van der Waals surface area contributed by atoms with Gasteiger partial charge in [-0.3, -0.25) is 0 Å². The summed E-state index contributed by atoms with van der Waals surface area (Å²) in [6.07, 6.45) is 0. The van der Waals surface area contributed by atoms with Crippen LogP contribution < -0.4 is 0 Å². The number of fused-ring (bicyclic) bond motifs is 1. The molecule has 1 nitrogen and oxygen atoms in total. The van der Waals surface area contributed by atoms with Gasteiger partial charge in [0.25, 0.3) is 0 Å². The molecule has 2 rings (SSSR count). The predicted molar refractivity (Wildman–Crippen MR) is 66.9 cm³/mol. The second-order valence-corrected chi connectivity index (χ2v) is 5.23. The van der Waals surface area contributed by atoms with Crippen LogP contribution in [0.5, 0.6) is 0 Å². The van der Waals surface area contributed by atoms with E-state index in [1.807, 2.05) is 0 Å². The summed E-state index contributed by atoms with van der Waals surface area (Å²) in [5.41, 5.74) is 1.22. The average Bonchev–Trinajstić information content (AvgIpc) is 2.55.